The van der Waals surface area contributed by atoms with Crippen LogP contribution in [0.5, 0.6) is 17.2 Å². The highest BCUT2D eigenvalue weighted by molar-refractivity contribution is 6.30. The number of aromatic nitrogens is 3. The quantitative estimate of drug-likeness (QED) is 0.487. The lowest BCUT2D eigenvalue weighted by Gasteiger charge is -2.13. The van der Waals surface area contributed by atoms with Gasteiger partial charge in [-0.1, -0.05) is 11.6 Å². The zero-order chi connectivity index (χ0) is 19.7. The second-order valence-corrected chi connectivity index (χ2v) is 6.46. The average Bonchev–Trinajstić information content (AvgIpc) is 3.13. The van der Waals surface area contributed by atoms with Gasteiger partial charge in [-0.25, -0.2) is 9.67 Å². The molecule has 28 heavy (non-hydrogen) atoms. The van der Waals surface area contributed by atoms with Crippen LogP contribution in [0.15, 0.2) is 54.7 Å². The summed E-state index contributed by atoms with van der Waals surface area (Å²) in [5, 5.41) is 6.40. The van der Waals surface area contributed by atoms with E-state index >= 15 is 0 Å². The molecule has 0 aliphatic carbocycles. The second-order valence-electron chi connectivity index (χ2n) is 6.03. The lowest BCUT2D eigenvalue weighted by Crippen LogP contribution is -1.98. The number of hydrogen-bond donors (Lipinski definition) is 0. The fourth-order valence-electron chi connectivity index (χ4n) is 3.15. The third kappa shape index (κ3) is 3.01. The zero-order valence-corrected chi connectivity index (χ0v) is 16.4. The maximum absolute atomic E-state index is 6.03. The Hall–Kier alpha value is -3.25. The topological polar surface area (TPSA) is 58.4 Å². The first kappa shape index (κ1) is 18.1. The number of nitrogens with zero attached hydrogens (tertiary/aromatic N) is 3. The van der Waals surface area contributed by atoms with Crippen LogP contribution in [-0.2, 0) is 0 Å². The Balaban J connectivity index is 1.96. The maximum atomic E-state index is 6.03. The second kappa shape index (κ2) is 7.40. The molecule has 7 heteroatoms. The summed E-state index contributed by atoms with van der Waals surface area (Å²) in [6.07, 6.45) is 1.75. The van der Waals surface area contributed by atoms with Crippen LogP contribution in [-0.4, -0.2) is 36.1 Å². The zero-order valence-electron chi connectivity index (χ0n) is 15.6. The van der Waals surface area contributed by atoms with Gasteiger partial charge in [0.25, 0.3) is 0 Å². The van der Waals surface area contributed by atoms with E-state index in [2.05, 4.69) is 4.98 Å². The first-order valence-corrected chi connectivity index (χ1v) is 8.94. The molecule has 0 unspecified atom stereocenters. The molecular weight excluding hydrogens is 378 g/mol. The summed E-state index contributed by atoms with van der Waals surface area (Å²) in [6, 6.07) is 15.1. The number of pyridine rings is 1. The van der Waals surface area contributed by atoms with Crippen LogP contribution in [0.2, 0.25) is 5.02 Å². The van der Waals surface area contributed by atoms with E-state index in [0.717, 1.165) is 28.0 Å². The van der Waals surface area contributed by atoms with Crippen molar-refractivity contribution in [2.75, 3.05) is 21.3 Å². The van der Waals surface area contributed by atoms with E-state index in [9.17, 15) is 0 Å². The molecule has 0 aliphatic rings. The molecule has 0 radical (unpaired) electrons. The Morgan fingerprint density at radius 3 is 2.18 bits per heavy atom. The molecule has 0 N–H and O–H groups in total. The van der Waals surface area contributed by atoms with Gasteiger partial charge in [0, 0.05) is 22.2 Å². The van der Waals surface area contributed by atoms with Crippen molar-refractivity contribution in [2.24, 2.45) is 0 Å². The third-order valence-corrected chi connectivity index (χ3v) is 4.70. The van der Waals surface area contributed by atoms with Gasteiger partial charge in [-0.2, -0.15) is 5.10 Å². The molecule has 4 rings (SSSR count). The van der Waals surface area contributed by atoms with Gasteiger partial charge in [0.1, 0.15) is 5.69 Å². The van der Waals surface area contributed by atoms with Crippen LogP contribution in [0.25, 0.3) is 28.0 Å². The number of ether oxygens (including phenoxy) is 3. The Morgan fingerprint density at radius 1 is 0.893 bits per heavy atom. The van der Waals surface area contributed by atoms with Gasteiger partial charge in [-0.15, -0.1) is 0 Å². The van der Waals surface area contributed by atoms with Crippen molar-refractivity contribution < 1.29 is 14.2 Å². The number of rotatable bonds is 5. The molecule has 0 aliphatic heterocycles. The molecule has 0 saturated heterocycles. The van der Waals surface area contributed by atoms with Crippen LogP contribution in [0.4, 0.5) is 0 Å². The monoisotopic (exact) mass is 395 g/mol. The maximum Gasteiger partial charge on any atom is 0.203 e. The average molecular weight is 396 g/mol. The number of benzene rings is 2. The van der Waals surface area contributed by atoms with Crippen molar-refractivity contribution in [3.8, 4) is 34.2 Å². The molecule has 2 aromatic heterocycles. The summed E-state index contributed by atoms with van der Waals surface area (Å²) in [5.74, 6) is 1.66. The summed E-state index contributed by atoms with van der Waals surface area (Å²) in [6.45, 7) is 0. The summed E-state index contributed by atoms with van der Waals surface area (Å²) < 4.78 is 18.2. The van der Waals surface area contributed by atoms with E-state index in [1.807, 2.05) is 48.5 Å². The summed E-state index contributed by atoms with van der Waals surface area (Å²) in [5.41, 5.74) is 3.21. The minimum Gasteiger partial charge on any atom is -0.493 e. The molecule has 0 amide bonds. The molecule has 2 aromatic carbocycles. The predicted molar refractivity (Wildman–Crippen MR) is 109 cm³/mol. The van der Waals surface area contributed by atoms with Crippen LogP contribution >= 0.6 is 11.6 Å². The van der Waals surface area contributed by atoms with E-state index in [1.165, 1.54) is 0 Å². The molecule has 0 spiro atoms. The predicted octanol–water partition coefficient (Wildman–Crippen LogP) is 4.77. The minimum atomic E-state index is 0.535. The first-order chi connectivity index (χ1) is 13.7. The van der Waals surface area contributed by atoms with Gasteiger partial charge in [0.05, 0.1) is 27.0 Å². The number of halogens is 1. The highest BCUT2D eigenvalue weighted by Gasteiger charge is 2.19. The van der Waals surface area contributed by atoms with Crippen molar-refractivity contribution in [1.82, 2.24) is 14.8 Å². The van der Waals surface area contributed by atoms with Gasteiger partial charge < -0.3 is 14.2 Å². The molecule has 0 saturated carbocycles. The third-order valence-electron chi connectivity index (χ3n) is 4.45. The lowest BCUT2D eigenvalue weighted by molar-refractivity contribution is 0.324. The molecule has 0 fully saturated rings. The van der Waals surface area contributed by atoms with Gasteiger partial charge >= 0.3 is 0 Å². The Morgan fingerprint density at radius 2 is 1.57 bits per heavy atom. The molecule has 0 bridgehead atoms. The van der Waals surface area contributed by atoms with Crippen LogP contribution in [0, 0.1) is 0 Å². The van der Waals surface area contributed by atoms with Gasteiger partial charge in [-0.05, 0) is 48.5 Å². The molecule has 6 nitrogen and oxygen atoms in total. The molecule has 142 valence electrons. The van der Waals surface area contributed by atoms with Gasteiger partial charge in [-0.3, -0.25) is 0 Å². The summed E-state index contributed by atoms with van der Waals surface area (Å²) >= 11 is 6.03. The summed E-state index contributed by atoms with van der Waals surface area (Å²) in [7, 11) is 4.76. The first-order valence-electron chi connectivity index (χ1n) is 8.56. The molecular formula is C21H18ClN3O3. The highest BCUT2D eigenvalue weighted by atomic mass is 35.5. The van der Waals surface area contributed by atoms with Crippen molar-refractivity contribution in [2.45, 2.75) is 0 Å². The van der Waals surface area contributed by atoms with Gasteiger partial charge in [0.2, 0.25) is 5.75 Å². The van der Waals surface area contributed by atoms with Crippen molar-refractivity contribution in [1.29, 1.82) is 0 Å². The number of hydrogen-bond acceptors (Lipinski definition) is 5. The van der Waals surface area contributed by atoms with E-state index in [0.29, 0.717) is 22.3 Å². The molecule has 4 aromatic rings. The Bertz CT molecular complexity index is 1110. The largest absolute Gasteiger partial charge is 0.493 e. The Labute approximate surface area is 167 Å². The van der Waals surface area contributed by atoms with E-state index in [-0.39, 0.29) is 0 Å². The van der Waals surface area contributed by atoms with E-state index < -0.39 is 0 Å². The van der Waals surface area contributed by atoms with E-state index in [1.54, 1.807) is 32.2 Å². The van der Waals surface area contributed by atoms with Crippen molar-refractivity contribution >= 4 is 22.6 Å². The normalized spacial score (nSPS) is 10.9. The van der Waals surface area contributed by atoms with Crippen LogP contribution < -0.4 is 14.2 Å². The fraction of sp³-hybridized carbons (Fsp3) is 0.143. The lowest BCUT2D eigenvalue weighted by atomic mass is 10.1. The van der Waals surface area contributed by atoms with Crippen LogP contribution in [0.3, 0.4) is 0 Å². The molecule has 2 heterocycles. The number of fused-ring (bicyclic) bond motifs is 1. The highest BCUT2D eigenvalue weighted by Crippen LogP contribution is 2.42. The summed E-state index contributed by atoms with van der Waals surface area (Å²) in [4.78, 5) is 4.53. The van der Waals surface area contributed by atoms with E-state index in [4.69, 9.17) is 30.9 Å². The minimum absolute atomic E-state index is 0.535. The SMILES string of the molecule is COc1cc(-c2nn(-c3ccc(Cl)cc3)c3ncccc23)cc(OC)c1OC. The van der Waals surface area contributed by atoms with Crippen molar-refractivity contribution in [3.05, 3.63) is 59.8 Å². The molecule has 0 atom stereocenters. The van der Waals surface area contributed by atoms with Gasteiger partial charge in [0.15, 0.2) is 17.1 Å². The van der Waals surface area contributed by atoms with Crippen molar-refractivity contribution in [3.63, 3.8) is 0 Å². The van der Waals surface area contributed by atoms with Crippen LogP contribution in [0.1, 0.15) is 0 Å². The Kier molecular flexibility index (Phi) is 4.79. The standard InChI is InChI=1S/C21H18ClN3O3/c1-26-17-11-13(12-18(27-2)20(17)28-3)19-16-5-4-10-23-21(16)25(24-19)15-8-6-14(22)7-9-15/h4-12H,1-3H3. The fourth-order valence-corrected chi connectivity index (χ4v) is 3.27. The smallest absolute Gasteiger partial charge is 0.203 e. The number of methoxy groups -OCH3 is 3.